The lowest BCUT2D eigenvalue weighted by Crippen LogP contribution is -2.44. The molecular weight excluding hydrogens is 494 g/mol. The van der Waals surface area contributed by atoms with Gasteiger partial charge in [-0.2, -0.15) is 13.2 Å². The number of hydrogen-bond acceptors (Lipinski definition) is 3. The highest BCUT2D eigenvalue weighted by atomic mass is 127. The van der Waals surface area contributed by atoms with Crippen LogP contribution < -0.4 is 5.73 Å². The van der Waals surface area contributed by atoms with Crippen molar-refractivity contribution in [2.75, 3.05) is 33.2 Å². The number of halogens is 4. The first-order chi connectivity index (χ1) is 13.6. The number of piperazine rings is 1. The molecule has 2 aromatic carbocycles. The van der Waals surface area contributed by atoms with Crippen molar-refractivity contribution in [1.29, 1.82) is 0 Å². The highest BCUT2D eigenvalue weighted by Gasteiger charge is 2.34. The number of nitrogens with zero attached hydrogens (tertiary/aromatic N) is 2. The third-order valence-corrected chi connectivity index (χ3v) is 6.68. The van der Waals surface area contributed by atoms with Gasteiger partial charge in [-0.05, 0) is 65.4 Å². The van der Waals surface area contributed by atoms with Gasteiger partial charge in [0.1, 0.15) is 0 Å². The molecule has 0 aromatic heterocycles. The molecule has 2 N–H and O–H groups in total. The molecule has 0 bridgehead atoms. The number of nitrogens with two attached hydrogens (primary N) is 1. The number of hydrogen-bond donors (Lipinski definition) is 1. The third-order valence-electron chi connectivity index (χ3n) is 5.29. The normalized spacial score (nSPS) is 16.2. The molecule has 0 atom stereocenters. The molecule has 156 valence electrons. The van der Waals surface area contributed by atoms with Gasteiger partial charge in [-0.1, -0.05) is 18.2 Å². The summed E-state index contributed by atoms with van der Waals surface area (Å²) in [5, 5.41) is 0. The first kappa shape index (κ1) is 22.0. The van der Waals surface area contributed by atoms with Crippen molar-refractivity contribution in [3.05, 3.63) is 56.2 Å². The number of carbonyl (C=O) groups excluding carboxylic acids is 1. The Balaban J connectivity index is 2.06. The number of primary amides is 1. The molecule has 1 fully saturated rings. The van der Waals surface area contributed by atoms with E-state index in [4.69, 9.17) is 5.73 Å². The van der Waals surface area contributed by atoms with Crippen molar-refractivity contribution in [2.24, 2.45) is 5.73 Å². The lowest BCUT2D eigenvalue weighted by molar-refractivity contribution is -0.138. The maximum Gasteiger partial charge on any atom is 0.416 e. The average molecular weight is 517 g/mol. The summed E-state index contributed by atoms with van der Waals surface area (Å²) in [6.45, 7) is 5.24. The predicted molar refractivity (Wildman–Crippen MR) is 116 cm³/mol. The fourth-order valence-electron chi connectivity index (χ4n) is 3.55. The largest absolute Gasteiger partial charge is 0.416 e. The summed E-state index contributed by atoms with van der Waals surface area (Å²) in [7, 11) is 2.01. The molecule has 4 nitrogen and oxygen atoms in total. The van der Waals surface area contributed by atoms with E-state index in [9.17, 15) is 18.0 Å². The van der Waals surface area contributed by atoms with E-state index in [-0.39, 0.29) is 17.7 Å². The average Bonchev–Trinajstić information content (AvgIpc) is 2.65. The molecule has 0 saturated carbocycles. The predicted octanol–water partition coefficient (Wildman–Crippen LogP) is 4.13. The van der Waals surface area contributed by atoms with Crippen LogP contribution in [0.15, 0.2) is 30.3 Å². The Kier molecular flexibility index (Phi) is 6.54. The molecule has 0 radical (unpaired) electrons. The third kappa shape index (κ3) is 4.92. The smallest absolute Gasteiger partial charge is 0.366 e. The Morgan fingerprint density at radius 3 is 2.38 bits per heavy atom. The Labute approximate surface area is 182 Å². The lowest BCUT2D eigenvalue weighted by Gasteiger charge is -2.33. The molecule has 0 unspecified atom stereocenters. The zero-order valence-electron chi connectivity index (χ0n) is 16.3. The van der Waals surface area contributed by atoms with E-state index in [1.54, 1.807) is 18.2 Å². The summed E-state index contributed by atoms with van der Waals surface area (Å²) in [4.78, 5) is 16.1. The summed E-state index contributed by atoms with van der Waals surface area (Å²) in [6, 6.07) is 7.65. The molecule has 1 aliphatic heterocycles. The Morgan fingerprint density at radius 1 is 1.14 bits per heavy atom. The van der Waals surface area contributed by atoms with E-state index in [0.717, 1.165) is 41.4 Å². The van der Waals surface area contributed by atoms with E-state index in [1.165, 1.54) is 6.07 Å². The Morgan fingerprint density at radius 2 is 1.79 bits per heavy atom. The second kappa shape index (κ2) is 8.61. The summed E-state index contributed by atoms with van der Waals surface area (Å²) >= 11 is 2.05. The van der Waals surface area contributed by atoms with Crippen LogP contribution in [0.2, 0.25) is 0 Å². The van der Waals surface area contributed by atoms with Crippen LogP contribution in [0.4, 0.5) is 13.2 Å². The second-order valence-corrected chi connectivity index (χ2v) is 8.51. The van der Waals surface area contributed by atoms with Crippen molar-refractivity contribution in [3.63, 3.8) is 0 Å². The van der Waals surface area contributed by atoms with Crippen LogP contribution in [0.5, 0.6) is 0 Å². The SMILES string of the molecule is Cc1ccc(C(N)=O)c(-c2ccc(CN3CCN(C)CC3)c(C(F)(F)F)c2)c1I. The lowest BCUT2D eigenvalue weighted by atomic mass is 9.93. The number of likely N-dealkylation sites (N-methyl/N-ethyl adjacent to an activating group) is 1. The topological polar surface area (TPSA) is 49.6 Å². The number of aryl methyl sites for hydroxylation is 1. The summed E-state index contributed by atoms with van der Waals surface area (Å²) in [5.74, 6) is -0.659. The van der Waals surface area contributed by atoms with Crippen molar-refractivity contribution in [1.82, 2.24) is 9.80 Å². The van der Waals surface area contributed by atoms with Crippen molar-refractivity contribution in [2.45, 2.75) is 19.6 Å². The van der Waals surface area contributed by atoms with Crippen LogP contribution in [-0.4, -0.2) is 48.9 Å². The van der Waals surface area contributed by atoms with Gasteiger partial charge in [0.05, 0.1) is 5.56 Å². The Hall–Kier alpha value is -1.65. The number of benzene rings is 2. The van der Waals surface area contributed by atoms with Crippen LogP contribution in [0.25, 0.3) is 11.1 Å². The van der Waals surface area contributed by atoms with E-state index in [1.807, 2.05) is 18.9 Å². The fourth-order valence-corrected chi connectivity index (χ4v) is 4.33. The van der Waals surface area contributed by atoms with Gasteiger partial charge >= 0.3 is 6.18 Å². The van der Waals surface area contributed by atoms with Gasteiger partial charge in [0.25, 0.3) is 0 Å². The summed E-state index contributed by atoms with van der Waals surface area (Å²) in [6.07, 6.45) is -4.49. The van der Waals surface area contributed by atoms with E-state index < -0.39 is 17.6 Å². The maximum atomic E-state index is 13.9. The van der Waals surface area contributed by atoms with Crippen LogP contribution in [0, 0.1) is 10.5 Å². The van der Waals surface area contributed by atoms with Gasteiger partial charge in [-0.25, -0.2) is 0 Å². The second-order valence-electron chi connectivity index (χ2n) is 7.43. The van der Waals surface area contributed by atoms with Crippen LogP contribution >= 0.6 is 22.6 Å². The molecule has 29 heavy (non-hydrogen) atoms. The molecule has 3 rings (SSSR count). The fraction of sp³-hybridized carbons (Fsp3) is 0.381. The molecule has 1 saturated heterocycles. The van der Waals surface area contributed by atoms with Gasteiger partial charge in [-0.3, -0.25) is 9.69 Å². The zero-order valence-corrected chi connectivity index (χ0v) is 18.5. The van der Waals surface area contributed by atoms with Crippen LogP contribution in [0.3, 0.4) is 0 Å². The first-order valence-corrected chi connectivity index (χ1v) is 10.4. The maximum absolute atomic E-state index is 13.9. The number of amides is 1. The highest BCUT2D eigenvalue weighted by molar-refractivity contribution is 14.1. The van der Waals surface area contributed by atoms with E-state index in [0.29, 0.717) is 11.1 Å². The van der Waals surface area contributed by atoms with E-state index in [2.05, 4.69) is 27.5 Å². The molecule has 8 heteroatoms. The minimum atomic E-state index is -4.49. The molecule has 0 aliphatic carbocycles. The molecular formula is C21H23F3IN3O. The number of carbonyl (C=O) groups is 1. The van der Waals surface area contributed by atoms with Crippen LogP contribution in [-0.2, 0) is 12.7 Å². The van der Waals surface area contributed by atoms with Gasteiger partial charge in [-0.15, -0.1) is 0 Å². The van der Waals surface area contributed by atoms with Gasteiger partial charge in [0, 0.05) is 47.4 Å². The number of rotatable bonds is 4. The van der Waals surface area contributed by atoms with Crippen molar-refractivity contribution < 1.29 is 18.0 Å². The molecule has 0 spiro atoms. The first-order valence-electron chi connectivity index (χ1n) is 9.28. The van der Waals surface area contributed by atoms with Crippen molar-refractivity contribution >= 4 is 28.5 Å². The molecule has 2 aromatic rings. The molecule has 1 amide bonds. The Bertz CT molecular complexity index is 922. The van der Waals surface area contributed by atoms with Gasteiger partial charge in [0.2, 0.25) is 5.91 Å². The minimum Gasteiger partial charge on any atom is -0.366 e. The summed E-state index contributed by atoms with van der Waals surface area (Å²) in [5.41, 5.74) is 6.96. The highest BCUT2D eigenvalue weighted by Crippen LogP contribution is 2.38. The molecule has 1 heterocycles. The quantitative estimate of drug-likeness (QED) is 0.621. The van der Waals surface area contributed by atoms with E-state index >= 15 is 0 Å². The standard InChI is InChI=1S/C21H23F3IN3O/c1-13-3-6-16(20(26)29)18(19(13)25)14-4-5-15(17(11-14)21(22,23)24)12-28-9-7-27(2)8-10-28/h3-6,11H,7-10,12H2,1-2H3,(H2,26,29). The van der Waals surface area contributed by atoms with Crippen LogP contribution in [0.1, 0.15) is 27.0 Å². The van der Waals surface area contributed by atoms with Gasteiger partial charge < -0.3 is 10.6 Å². The monoisotopic (exact) mass is 517 g/mol. The number of alkyl halides is 3. The molecule has 1 aliphatic rings. The minimum absolute atomic E-state index is 0.222. The zero-order chi connectivity index (χ0) is 21.3. The van der Waals surface area contributed by atoms with Gasteiger partial charge in [0.15, 0.2) is 0 Å². The summed E-state index contributed by atoms with van der Waals surface area (Å²) < 4.78 is 42.4. The van der Waals surface area contributed by atoms with Crippen molar-refractivity contribution in [3.8, 4) is 11.1 Å².